The predicted molar refractivity (Wildman–Crippen MR) is 182 cm³/mol. The van der Waals surface area contributed by atoms with Gasteiger partial charge < -0.3 is 19.7 Å². The molecule has 2 N–H and O–H groups in total. The third-order valence-corrected chi connectivity index (χ3v) is 15.6. The van der Waals surface area contributed by atoms with E-state index in [1.165, 1.54) is 12.5 Å². The molecule has 11 atom stereocenters. The van der Waals surface area contributed by atoms with Crippen LogP contribution in [0.3, 0.4) is 0 Å². The van der Waals surface area contributed by atoms with Crippen molar-refractivity contribution in [3.05, 3.63) is 23.3 Å². The molecular formula is C33H50O6S4. The molecule has 5 aliphatic carbocycles. The van der Waals surface area contributed by atoms with Gasteiger partial charge in [0.2, 0.25) is 0 Å². The summed E-state index contributed by atoms with van der Waals surface area (Å²) in [5, 5.41) is 22.1. The van der Waals surface area contributed by atoms with Crippen LogP contribution in [0.2, 0.25) is 0 Å². The minimum absolute atomic E-state index is 0.0634. The summed E-state index contributed by atoms with van der Waals surface area (Å²) in [6, 6.07) is 0. The van der Waals surface area contributed by atoms with E-state index < -0.39 is 49.2 Å². The van der Waals surface area contributed by atoms with Gasteiger partial charge in [-0.25, -0.2) is 4.79 Å². The fourth-order valence-corrected chi connectivity index (χ4v) is 12.4. The van der Waals surface area contributed by atoms with Gasteiger partial charge in [0.05, 0.1) is 21.5 Å². The van der Waals surface area contributed by atoms with Crippen molar-refractivity contribution in [2.75, 3.05) is 6.61 Å². The molecule has 242 valence electrons. The van der Waals surface area contributed by atoms with Crippen molar-refractivity contribution in [2.24, 2.45) is 34.0 Å². The van der Waals surface area contributed by atoms with Gasteiger partial charge in [-0.05, 0) is 101 Å². The third-order valence-electron chi connectivity index (χ3n) is 12.9. The molecule has 5 rings (SSSR count). The van der Waals surface area contributed by atoms with Crippen LogP contribution in [0.5, 0.6) is 0 Å². The van der Waals surface area contributed by atoms with E-state index in [-0.39, 0.29) is 29.3 Å². The van der Waals surface area contributed by atoms with Gasteiger partial charge >= 0.3 is 11.9 Å². The number of carbonyl (C=O) groups excluding carboxylic acids is 2. The molecule has 6 nitrogen and oxygen atoms in total. The third kappa shape index (κ3) is 4.84. The lowest BCUT2D eigenvalue weighted by Gasteiger charge is -2.71. The topological polar surface area (TPSA) is 93.1 Å². The molecule has 0 saturated heterocycles. The van der Waals surface area contributed by atoms with Gasteiger partial charge in [0.25, 0.3) is 0 Å². The van der Waals surface area contributed by atoms with Crippen molar-refractivity contribution in [1.82, 2.24) is 0 Å². The van der Waals surface area contributed by atoms with Crippen molar-refractivity contribution in [3.63, 3.8) is 0 Å². The lowest BCUT2D eigenvalue weighted by atomic mass is 9.38. The monoisotopic (exact) mass is 670 g/mol. The van der Waals surface area contributed by atoms with Crippen LogP contribution in [0.1, 0.15) is 92.9 Å². The number of aliphatic hydroxyl groups is 2. The SMILES string of the molecule is C/C=C(/C)C(=O)O[C@H]1[C@H](OC(C)=O)[C@@](C)(S)CC2C3=CCC4[C@@]5(C)CC[C@H](O)C(S)(S)C5CC[C@@]4(C)[C@]3(S)CC[C@]21CO. The van der Waals surface area contributed by atoms with Crippen LogP contribution in [-0.2, 0) is 19.1 Å². The molecule has 0 amide bonds. The van der Waals surface area contributed by atoms with E-state index in [4.69, 9.17) is 60.0 Å². The van der Waals surface area contributed by atoms with Crippen LogP contribution in [0.15, 0.2) is 23.3 Å². The Labute approximate surface area is 279 Å². The zero-order chi connectivity index (χ0) is 32.0. The Morgan fingerprint density at radius 2 is 1.65 bits per heavy atom. The highest BCUT2D eigenvalue weighted by atomic mass is 32.2. The van der Waals surface area contributed by atoms with Crippen molar-refractivity contribution < 1.29 is 29.3 Å². The highest BCUT2D eigenvalue weighted by molar-refractivity contribution is 8.00. The number of carbonyl (C=O) groups is 2. The number of esters is 2. The largest absolute Gasteiger partial charge is 0.457 e. The molecule has 0 spiro atoms. The molecule has 3 unspecified atom stereocenters. The predicted octanol–water partition coefficient (Wildman–Crippen LogP) is 6.03. The summed E-state index contributed by atoms with van der Waals surface area (Å²) < 4.78 is 10.1. The van der Waals surface area contributed by atoms with Crippen LogP contribution in [0.25, 0.3) is 0 Å². The standard InChI is InChI=1S/C33H50O6S4/c1-7-18(2)27(37)39-26-25(38-19(3)35)30(6,40)16-21-20-8-9-22-28(4)12-11-24(36)33(42,43)23(28)10-13-29(22,5)32(20,41)15-14-31(21,26)17-34/h7-8,21-26,34,36,40-43H,9-17H2,1-6H3/b18-7-/t21?,22?,23?,24-,25-,26-,28+,29+,30-,31-,32-/m0/s1. The second-order valence-electron chi connectivity index (χ2n) is 15.0. The lowest BCUT2D eigenvalue weighted by Crippen LogP contribution is -2.71. The maximum absolute atomic E-state index is 13.2. The first-order chi connectivity index (χ1) is 19.9. The van der Waals surface area contributed by atoms with Crippen LogP contribution in [0.4, 0.5) is 0 Å². The highest BCUT2D eigenvalue weighted by Crippen LogP contribution is 2.74. The first-order valence-corrected chi connectivity index (χ1v) is 17.5. The van der Waals surface area contributed by atoms with Gasteiger partial charge in [-0.3, -0.25) is 4.79 Å². The molecule has 0 aromatic heterocycles. The van der Waals surface area contributed by atoms with Gasteiger partial charge in [0.1, 0.15) is 6.10 Å². The molecule has 0 radical (unpaired) electrons. The zero-order valence-electron chi connectivity index (χ0n) is 26.3. The minimum atomic E-state index is -0.878. The summed E-state index contributed by atoms with van der Waals surface area (Å²) >= 11 is 20.6. The molecule has 43 heavy (non-hydrogen) atoms. The lowest BCUT2D eigenvalue weighted by molar-refractivity contribution is -0.208. The molecule has 0 aromatic rings. The fourth-order valence-electron chi connectivity index (χ4n) is 10.3. The average molecular weight is 671 g/mol. The molecule has 5 aliphatic rings. The summed E-state index contributed by atoms with van der Waals surface area (Å²) in [5.74, 6) is -0.647. The molecular weight excluding hydrogens is 621 g/mol. The number of rotatable bonds is 4. The van der Waals surface area contributed by atoms with E-state index in [0.717, 1.165) is 25.7 Å². The van der Waals surface area contributed by atoms with Gasteiger partial charge in [0.15, 0.2) is 6.10 Å². The first-order valence-electron chi connectivity index (χ1n) is 15.8. The maximum Gasteiger partial charge on any atom is 0.333 e. The van der Waals surface area contributed by atoms with Crippen molar-refractivity contribution in [2.45, 2.75) is 125 Å². The van der Waals surface area contributed by atoms with Crippen molar-refractivity contribution in [3.8, 4) is 0 Å². The van der Waals surface area contributed by atoms with Crippen LogP contribution in [-0.4, -0.2) is 60.6 Å². The van der Waals surface area contributed by atoms with E-state index in [1.807, 2.05) is 6.92 Å². The number of ether oxygens (including phenoxy) is 2. The second kappa shape index (κ2) is 11.2. The molecule has 0 aromatic carbocycles. The normalized spacial score (nSPS) is 48.9. The number of thiol groups is 4. The average Bonchev–Trinajstić information content (AvgIpc) is 2.92. The van der Waals surface area contributed by atoms with Crippen LogP contribution < -0.4 is 0 Å². The summed E-state index contributed by atoms with van der Waals surface area (Å²) in [7, 11) is 0. The number of hydrogen-bond acceptors (Lipinski definition) is 10. The zero-order valence-corrected chi connectivity index (χ0v) is 29.9. The van der Waals surface area contributed by atoms with Gasteiger partial charge in [-0.15, -0.1) is 0 Å². The van der Waals surface area contributed by atoms with Crippen molar-refractivity contribution >= 4 is 62.5 Å². The molecule has 4 saturated carbocycles. The summed E-state index contributed by atoms with van der Waals surface area (Å²) in [4.78, 5) is 25.6. The Kier molecular flexibility index (Phi) is 8.86. The number of fused-ring (bicyclic) bond motifs is 7. The minimum Gasteiger partial charge on any atom is -0.457 e. The highest BCUT2D eigenvalue weighted by Gasteiger charge is 2.72. The summed E-state index contributed by atoms with van der Waals surface area (Å²) in [5.41, 5.74) is 0.582. The smallest absolute Gasteiger partial charge is 0.333 e. The Morgan fingerprint density at radius 1 is 0.977 bits per heavy atom. The van der Waals surface area contributed by atoms with Crippen LogP contribution in [0, 0.1) is 34.0 Å². The molecule has 0 aliphatic heterocycles. The van der Waals surface area contributed by atoms with E-state index in [1.54, 1.807) is 19.9 Å². The maximum atomic E-state index is 13.2. The molecule has 4 fully saturated rings. The van der Waals surface area contributed by atoms with E-state index in [2.05, 4.69) is 19.9 Å². The Morgan fingerprint density at radius 3 is 2.26 bits per heavy atom. The van der Waals surface area contributed by atoms with Crippen molar-refractivity contribution in [1.29, 1.82) is 0 Å². The molecule has 10 heteroatoms. The molecule has 0 heterocycles. The molecule has 0 bridgehead atoms. The fraction of sp³-hybridized carbons (Fsp3) is 0.818. The number of allylic oxidation sites excluding steroid dienone is 2. The van der Waals surface area contributed by atoms with Gasteiger partial charge in [0, 0.05) is 22.7 Å². The second-order valence-corrected chi connectivity index (χ2v) is 18.6. The quantitative estimate of drug-likeness (QED) is 0.0721. The summed E-state index contributed by atoms with van der Waals surface area (Å²) in [6.07, 6.45) is 7.88. The van der Waals surface area contributed by atoms with E-state index >= 15 is 0 Å². The number of hydrogen-bond donors (Lipinski definition) is 6. The van der Waals surface area contributed by atoms with E-state index in [0.29, 0.717) is 37.2 Å². The Balaban J connectivity index is 1.61. The van der Waals surface area contributed by atoms with Crippen LogP contribution >= 0.6 is 50.5 Å². The Bertz CT molecular complexity index is 1230. The summed E-state index contributed by atoms with van der Waals surface area (Å²) in [6.45, 7) is 11.3. The van der Waals surface area contributed by atoms with E-state index in [9.17, 15) is 19.8 Å². The van der Waals surface area contributed by atoms with Gasteiger partial charge in [-0.2, -0.15) is 50.5 Å². The van der Waals surface area contributed by atoms with Gasteiger partial charge in [-0.1, -0.05) is 31.6 Å². The number of aliphatic hydroxyl groups excluding tert-OH is 2. The first kappa shape index (κ1) is 34.1. The Hall–Kier alpha value is -0.260.